The Kier molecular flexibility index (Phi) is 3.54. The van der Waals surface area contributed by atoms with E-state index in [4.69, 9.17) is 16.3 Å². The summed E-state index contributed by atoms with van der Waals surface area (Å²) >= 11 is 7.12. The van der Waals surface area contributed by atoms with Crippen molar-refractivity contribution in [3.8, 4) is 0 Å². The number of carbonyl (C=O) groups is 2. The van der Waals surface area contributed by atoms with E-state index in [1.807, 2.05) is 19.1 Å². The Morgan fingerprint density at radius 2 is 2.28 bits per heavy atom. The number of amides is 1. The topological polar surface area (TPSA) is 55.4 Å². The second-order valence-electron chi connectivity index (χ2n) is 3.87. The predicted molar refractivity (Wildman–Crippen MR) is 70.9 cm³/mol. The summed E-state index contributed by atoms with van der Waals surface area (Å²) in [5.74, 6) is -1.30. The zero-order chi connectivity index (χ0) is 13.3. The van der Waals surface area contributed by atoms with Crippen LogP contribution in [0.1, 0.15) is 12.5 Å². The van der Waals surface area contributed by atoms with Crippen LogP contribution in [0.25, 0.3) is 0 Å². The molecule has 0 saturated heterocycles. The molecule has 18 heavy (non-hydrogen) atoms. The molecule has 0 fully saturated rings. The van der Waals surface area contributed by atoms with Gasteiger partial charge in [0, 0.05) is 4.90 Å². The fourth-order valence-electron chi connectivity index (χ4n) is 1.58. The second-order valence-corrected chi connectivity index (χ2v) is 5.92. The number of halogens is 1. The summed E-state index contributed by atoms with van der Waals surface area (Å²) in [5, 5.41) is 2.62. The van der Waals surface area contributed by atoms with Gasteiger partial charge in [-0.25, -0.2) is 4.79 Å². The first kappa shape index (κ1) is 13.2. The minimum atomic E-state index is -1.74. The highest BCUT2D eigenvalue weighted by molar-refractivity contribution is 8.04. The summed E-state index contributed by atoms with van der Waals surface area (Å²) in [6.07, 6.45) is 0. The van der Waals surface area contributed by atoms with Crippen LogP contribution in [0, 0.1) is 6.92 Å². The normalized spacial score (nSPS) is 22.1. The number of rotatable bonds is 2. The Morgan fingerprint density at radius 1 is 1.56 bits per heavy atom. The van der Waals surface area contributed by atoms with Crippen molar-refractivity contribution in [3.63, 3.8) is 0 Å². The minimum Gasteiger partial charge on any atom is -0.464 e. The summed E-state index contributed by atoms with van der Waals surface area (Å²) in [5.41, 5.74) is 1.69. The van der Waals surface area contributed by atoms with Crippen molar-refractivity contribution in [2.24, 2.45) is 0 Å². The zero-order valence-corrected chi connectivity index (χ0v) is 11.5. The van der Waals surface area contributed by atoms with E-state index in [0.717, 1.165) is 22.2 Å². The van der Waals surface area contributed by atoms with Crippen LogP contribution in [0.4, 0.5) is 5.69 Å². The number of thioether (sulfide) groups is 1. The van der Waals surface area contributed by atoms with Gasteiger partial charge >= 0.3 is 5.97 Å². The molecule has 4 nitrogen and oxygen atoms in total. The minimum absolute atomic E-state index is 0.182. The van der Waals surface area contributed by atoms with Gasteiger partial charge < -0.3 is 10.1 Å². The standard InChI is InChI=1S/C12H12ClNO3S/c1-3-17-11(16)12(13)10(15)14-8-5-4-7(2)6-9(8)18-12/h4-6H,3H2,1-2H3,(H,14,15). The molecule has 1 aromatic carbocycles. The van der Waals surface area contributed by atoms with Crippen LogP contribution in [0.5, 0.6) is 0 Å². The molecular formula is C12H12ClNO3S. The third-order valence-electron chi connectivity index (χ3n) is 2.47. The highest BCUT2D eigenvalue weighted by Crippen LogP contribution is 2.46. The van der Waals surface area contributed by atoms with Crippen LogP contribution < -0.4 is 5.32 Å². The van der Waals surface area contributed by atoms with Crippen molar-refractivity contribution in [3.05, 3.63) is 23.8 Å². The van der Waals surface area contributed by atoms with Gasteiger partial charge in [0.2, 0.25) is 0 Å². The summed E-state index contributed by atoms with van der Waals surface area (Å²) in [4.78, 5) is 24.5. The van der Waals surface area contributed by atoms with E-state index in [2.05, 4.69) is 5.32 Å². The highest BCUT2D eigenvalue weighted by Gasteiger charge is 2.50. The van der Waals surface area contributed by atoms with Crippen molar-refractivity contribution in [1.29, 1.82) is 0 Å². The van der Waals surface area contributed by atoms with Crippen LogP contribution in [-0.2, 0) is 14.3 Å². The van der Waals surface area contributed by atoms with Gasteiger partial charge in [-0.05, 0) is 31.5 Å². The number of nitrogens with one attached hydrogen (secondary N) is 1. The van der Waals surface area contributed by atoms with E-state index in [1.54, 1.807) is 13.0 Å². The van der Waals surface area contributed by atoms with Crippen LogP contribution >= 0.6 is 23.4 Å². The first-order valence-electron chi connectivity index (χ1n) is 5.44. The maximum atomic E-state index is 11.9. The van der Waals surface area contributed by atoms with Crippen molar-refractivity contribution in [1.82, 2.24) is 0 Å². The van der Waals surface area contributed by atoms with E-state index >= 15 is 0 Å². The molecule has 2 rings (SSSR count). The molecule has 0 spiro atoms. The molecule has 1 heterocycles. The van der Waals surface area contributed by atoms with Crippen molar-refractivity contribution >= 4 is 40.9 Å². The van der Waals surface area contributed by atoms with Crippen molar-refractivity contribution in [2.45, 2.75) is 22.9 Å². The van der Waals surface area contributed by atoms with Crippen LogP contribution in [0.15, 0.2) is 23.1 Å². The molecule has 6 heteroatoms. The van der Waals surface area contributed by atoms with Crippen molar-refractivity contribution in [2.75, 3.05) is 11.9 Å². The van der Waals surface area contributed by atoms with Gasteiger partial charge in [0.05, 0.1) is 12.3 Å². The van der Waals surface area contributed by atoms with Gasteiger partial charge in [0.15, 0.2) is 0 Å². The molecular weight excluding hydrogens is 274 g/mol. The van der Waals surface area contributed by atoms with E-state index < -0.39 is 16.1 Å². The Balaban J connectivity index is 2.37. The van der Waals surface area contributed by atoms with Gasteiger partial charge in [-0.1, -0.05) is 29.4 Å². The summed E-state index contributed by atoms with van der Waals surface area (Å²) in [6, 6.07) is 5.54. The number of aryl methyl sites for hydroxylation is 1. The molecule has 1 N–H and O–H groups in total. The lowest BCUT2D eigenvalue weighted by Crippen LogP contribution is -2.45. The average molecular weight is 286 g/mol. The maximum Gasteiger partial charge on any atom is 0.347 e. The molecule has 1 unspecified atom stereocenters. The predicted octanol–water partition coefficient (Wildman–Crippen LogP) is 2.54. The number of carbonyl (C=O) groups excluding carboxylic acids is 2. The van der Waals surface area contributed by atoms with E-state index in [1.165, 1.54) is 0 Å². The number of anilines is 1. The van der Waals surface area contributed by atoms with E-state index in [0.29, 0.717) is 5.69 Å². The molecule has 1 aliphatic rings. The van der Waals surface area contributed by atoms with Crippen LogP contribution in [0.3, 0.4) is 0 Å². The number of benzene rings is 1. The number of hydrogen-bond donors (Lipinski definition) is 1. The average Bonchev–Trinajstić information content (AvgIpc) is 2.31. The smallest absolute Gasteiger partial charge is 0.347 e. The Labute approximate surface area is 114 Å². The highest BCUT2D eigenvalue weighted by atomic mass is 35.5. The van der Waals surface area contributed by atoms with E-state index in [-0.39, 0.29) is 6.61 Å². The molecule has 0 bridgehead atoms. The first-order valence-corrected chi connectivity index (χ1v) is 6.64. The quantitative estimate of drug-likeness (QED) is 0.515. The molecule has 1 aliphatic heterocycles. The molecule has 0 aliphatic carbocycles. The lowest BCUT2D eigenvalue weighted by molar-refractivity contribution is -0.145. The maximum absolute atomic E-state index is 11.9. The molecule has 0 saturated carbocycles. The number of alkyl halides is 1. The third-order valence-corrected chi connectivity index (χ3v) is 4.21. The fourth-order valence-corrected chi connectivity index (χ4v) is 2.99. The van der Waals surface area contributed by atoms with E-state index in [9.17, 15) is 9.59 Å². The molecule has 0 radical (unpaired) electrons. The summed E-state index contributed by atoms with van der Waals surface area (Å²) in [6.45, 7) is 3.78. The van der Waals surface area contributed by atoms with Gasteiger partial charge in [0.1, 0.15) is 0 Å². The summed E-state index contributed by atoms with van der Waals surface area (Å²) in [7, 11) is 0. The van der Waals surface area contributed by atoms with Gasteiger partial charge in [0.25, 0.3) is 10.1 Å². The monoisotopic (exact) mass is 285 g/mol. The number of esters is 1. The molecule has 96 valence electrons. The lowest BCUT2D eigenvalue weighted by Gasteiger charge is -2.29. The zero-order valence-electron chi connectivity index (χ0n) is 9.95. The summed E-state index contributed by atoms with van der Waals surface area (Å²) < 4.78 is 3.11. The Bertz CT molecular complexity index is 520. The van der Waals surface area contributed by atoms with Crippen molar-refractivity contribution < 1.29 is 14.3 Å². The molecule has 1 amide bonds. The van der Waals surface area contributed by atoms with Gasteiger partial charge in [-0.3, -0.25) is 4.79 Å². The fraction of sp³-hybridized carbons (Fsp3) is 0.333. The molecule has 1 aromatic rings. The largest absolute Gasteiger partial charge is 0.464 e. The Hall–Kier alpha value is -1.20. The lowest BCUT2D eigenvalue weighted by atomic mass is 10.2. The second kappa shape index (κ2) is 4.82. The first-order chi connectivity index (χ1) is 8.47. The van der Waals surface area contributed by atoms with Crippen LogP contribution in [-0.4, -0.2) is 22.7 Å². The van der Waals surface area contributed by atoms with Gasteiger partial charge in [-0.2, -0.15) is 0 Å². The number of ether oxygens (including phenoxy) is 1. The number of fused-ring (bicyclic) bond motifs is 1. The van der Waals surface area contributed by atoms with Crippen LogP contribution in [0.2, 0.25) is 0 Å². The van der Waals surface area contributed by atoms with Gasteiger partial charge in [-0.15, -0.1) is 0 Å². The molecule has 0 aromatic heterocycles. The number of hydrogen-bond acceptors (Lipinski definition) is 4. The third kappa shape index (κ3) is 2.20. The Morgan fingerprint density at radius 3 is 2.94 bits per heavy atom. The SMILES string of the molecule is CCOC(=O)C1(Cl)Sc2cc(C)ccc2NC1=O. The molecule has 1 atom stereocenters.